The molecule has 0 atom stereocenters. The normalized spacial score (nSPS) is 11.9. The molecule has 10 aromatic rings. The summed E-state index contributed by atoms with van der Waals surface area (Å²) in [6, 6.07) is 37.5. The molecule has 9 aromatic carbocycles. The summed E-state index contributed by atoms with van der Waals surface area (Å²) in [7, 11) is 0. The Balaban J connectivity index is 1.39. The van der Waals surface area contributed by atoms with Crippen molar-refractivity contribution in [1.82, 2.24) is 0 Å². The van der Waals surface area contributed by atoms with Gasteiger partial charge in [0.15, 0.2) is 34.2 Å². The van der Waals surface area contributed by atoms with E-state index in [1.807, 2.05) is 78.9 Å². The molecule has 0 aliphatic rings. The van der Waals surface area contributed by atoms with Crippen LogP contribution >= 0.6 is 0 Å². The minimum atomic E-state index is -1.17. The maximum absolute atomic E-state index is 11.9. The molecule has 56 heavy (non-hydrogen) atoms. The Morgan fingerprint density at radius 3 is 1.39 bits per heavy atom. The zero-order valence-electron chi connectivity index (χ0n) is 28.9. The molecule has 1 aromatic heterocycles. The van der Waals surface area contributed by atoms with Gasteiger partial charge in [0.05, 0.1) is 16.2 Å². The molecule has 0 saturated heterocycles. The molecule has 272 valence electrons. The van der Waals surface area contributed by atoms with E-state index in [1.165, 1.54) is 0 Å². The van der Waals surface area contributed by atoms with Crippen LogP contribution in [0, 0.1) is 0 Å². The lowest BCUT2D eigenvalue weighted by Crippen LogP contribution is -1.93. The quantitative estimate of drug-likeness (QED) is 0.0478. The summed E-state index contributed by atoms with van der Waals surface area (Å²) in [6.07, 6.45) is 0. The van der Waals surface area contributed by atoms with Gasteiger partial charge >= 0.3 is 0 Å². The monoisotopic (exact) mass is 740 g/mol. The van der Waals surface area contributed by atoms with Crippen LogP contribution in [0.3, 0.4) is 0 Å². The standard InChI is InChI=1S/C46H28O10/c47-36-33-34(39(50)42(53)41(52)38(33)49)40(51)46-35(36)32-31(37(48)43(54)44(55)45(32)56-46)30-26-16-8-6-14-24(26)29(25-15-7-9-17-27(25)30)22-18-21-12-4-5-13-23(21)28(19-22)20-10-2-1-3-11-20/h1-19,47-55H. The van der Waals surface area contributed by atoms with E-state index in [4.69, 9.17) is 4.42 Å². The lowest BCUT2D eigenvalue weighted by molar-refractivity contribution is 0.349. The van der Waals surface area contributed by atoms with E-state index >= 15 is 0 Å². The molecule has 1 heterocycles. The highest BCUT2D eigenvalue weighted by Gasteiger charge is 2.34. The van der Waals surface area contributed by atoms with E-state index in [2.05, 4.69) is 36.4 Å². The van der Waals surface area contributed by atoms with Crippen molar-refractivity contribution in [3.63, 3.8) is 0 Å². The van der Waals surface area contributed by atoms with Crippen molar-refractivity contribution in [2.24, 2.45) is 0 Å². The molecule has 0 fully saturated rings. The summed E-state index contributed by atoms with van der Waals surface area (Å²) in [4.78, 5) is 0. The van der Waals surface area contributed by atoms with Crippen molar-refractivity contribution in [3.05, 3.63) is 115 Å². The largest absolute Gasteiger partial charge is 0.506 e. The lowest BCUT2D eigenvalue weighted by atomic mass is 9.83. The zero-order chi connectivity index (χ0) is 38.7. The molecule has 0 radical (unpaired) electrons. The Hall–Kier alpha value is -7.98. The molecule has 10 heteroatoms. The predicted octanol–water partition coefficient (Wildman–Crippen LogP) is 10.6. The molecule has 0 spiro atoms. The van der Waals surface area contributed by atoms with E-state index in [1.54, 1.807) is 0 Å². The minimum absolute atomic E-state index is 0.0998. The van der Waals surface area contributed by atoms with Crippen LogP contribution < -0.4 is 0 Å². The predicted molar refractivity (Wildman–Crippen MR) is 215 cm³/mol. The number of furan rings is 1. The number of fused-ring (bicyclic) bond motifs is 7. The highest BCUT2D eigenvalue weighted by Crippen LogP contribution is 2.62. The third kappa shape index (κ3) is 4.20. The molecular formula is C46H28O10. The summed E-state index contributed by atoms with van der Waals surface area (Å²) in [5.41, 5.74) is 3.12. The second kappa shape index (κ2) is 11.5. The Morgan fingerprint density at radius 1 is 0.304 bits per heavy atom. The van der Waals surface area contributed by atoms with Crippen LogP contribution in [0.1, 0.15) is 0 Å². The highest BCUT2D eigenvalue weighted by atomic mass is 16.4. The van der Waals surface area contributed by atoms with Gasteiger partial charge in [0.2, 0.25) is 23.0 Å². The maximum atomic E-state index is 11.9. The van der Waals surface area contributed by atoms with Crippen molar-refractivity contribution in [3.8, 4) is 85.1 Å². The highest BCUT2D eigenvalue weighted by molar-refractivity contribution is 6.31. The van der Waals surface area contributed by atoms with Crippen molar-refractivity contribution < 1.29 is 50.4 Å². The third-order valence-electron chi connectivity index (χ3n) is 10.8. The van der Waals surface area contributed by atoms with Gasteiger partial charge in [-0.05, 0) is 66.7 Å². The lowest BCUT2D eigenvalue weighted by Gasteiger charge is -2.20. The van der Waals surface area contributed by atoms with Crippen LogP contribution in [0.25, 0.3) is 98.4 Å². The number of benzene rings is 9. The first-order chi connectivity index (χ1) is 27.1. The first-order valence-electron chi connectivity index (χ1n) is 17.5. The average Bonchev–Trinajstić information content (AvgIpc) is 3.63. The fourth-order valence-electron chi connectivity index (χ4n) is 8.35. The molecule has 0 aliphatic carbocycles. The number of rotatable bonds is 3. The van der Waals surface area contributed by atoms with E-state index < -0.39 is 73.7 Å². The van der Waals surface area contributed by atoms with Crippen LogP contribution in [-0.4, -0.2) is 46.0 Å². The van der Waals surface area contributed by atoms with Gasteiger partial charge in [-0.25, -0.2) is 0 Å². The first-order valence-corrected chi connectivity index (χ1v) is 17.5. The van der Waals surface area contributed by atoms with Crippen LogP contribution in [0.15, 0.2) is 120 Å². The average molecular weight is 741 g/mol. The second-order valence-corrected chi connectivity index (χ2v) is 13.7. The Bertz CT molecular complexity index is 3290. The Labute approximate surface area is 315 Å². The van der Waals surface area contributed by atoms with Crippen molar-refractivity contribution in [2.75, 3.05) is 0 Å². The van der Waals surface area contributed by atoms with Gasteiger partial charge in [-0.2, -0.15) is 0 Å². The van der Waals surface area contributed by atoms with E-state index in [0.717, 1.165) is 43.8 Å². The van der Waals surface area contributed by atoms with Gasteiger partial charge in [-0.15, -0.1) is 0 Å². The summed E-state index contributed by atoms with van der Waals surface area (Å²) >= 11 is 0. The molecule has 10 nitrogen and oxygen atoms in total. The van der Waals surface area contributed by atoms with Crippen LogP contribution in [0.5, 0.6) is 51.7 Å². The topological polar surface area (TPSA) is 195 Å². The minimum Gasteiger partial charge on any atom is -0.506 e. The SMILES string of the molecule is Oc1c(O)c(-c2c3ccccc3c(-c3cc(-c4ccccc4)c4ccccc4c3)c3ccccc23)c2c(oc3c(O)c4c(O)c(O)c(O)c(O)c4c(O)c32)c1O. The van der Waals surface area contributed by atoms with Gasteiger partial charge in [-0.3, -0.25) is 0 Å². The number of phenolic OH excluding ortho intramolecular Hbond substituents is 9. The summed E-state index contributed by atoms with van der Waals surface area (Å²) in [5, 5.41) is 103. The summed E-state index contributed by atoms with van der Waals surface area (Å²) in [5.74, 6) is -8.85. The number of aromatic hydroxyl groups is 9. The molecular weight excluding hydrogens is 712 g/mol. The zero-order valence-corrected chi connectivity index (χ0v) is 28.9. The Kier molecular flexibility index (Phi) is 6.71. The van der Waals surface area contributed by atoms with Crippen LogP contribution in [0.2, 0.25) is 0 Å². The number of phenols is 9. The smallest absolute Gasteiger partial charge is 0.205 e. The fourth-order valence-corrected chi connectivity index (χ4v) is 8.35. The first kappa shape index (κ1) is 32.7. The van der Waals surface area contributed by atoms with E-state index in [0.29, 0.717) is 16.3 Å². The van der Waals surface area contributed by atoms with Crippen molar-refractivity contribution >= 4 is 65.0 Å². The van der Waals surface area contributed by atoms with E-state index in [9.17, 15) is 46.0 Å². The Morgan fingerprint density at radius 2 is 0.786 bits per heavy atom. The van der Waals surface area contributed by atoms with Crippen LogP contribution in [-0.2, 0) is 0 Å². The molecule has 9 N–H and O–H groups in total. The van der Waals surface area contributed by atoms with Gasteiger partial charge in [0.1, 0.15) is 5.75 Å². The van der Waals surface area contributed by atoms with E-state index in [-0.39, 0.29) is 16.3 Å². The second-order valence-electron chi connectivity index (χ2n) is 13.7. The summed E-state index contributed by atoms with van der Waals surface area (Å²) in [6.45, 7) is 0. The third-order valence-corrected chi connectivity index (χ3v) is 10.8. The number of hydrogen-bond acceptors (Lipinski definition) is 10. The van der Waals surface area contributed by atoms with Crippen molar-refractivity contribution in [2.45, 2.75) is 0 Å². The molecule has 0 aliphatic heterocycles. The number of hydrogen-bond donors (Lipinski definition) is 9. The van der Waals surface area contributed by atoms with Gasteiger partial charge in [-0.1, -0.05) is 103 Å². The van der Waals surface area contributed by atoms with Gasteiger partial charge < -0.3 is 50.4 Å². The molecule has 0 unspecified atom stereocenters. The molecule has 10 rings (SSSR count). The molecule has 0 amide bonds. The molecule has 0 saturated carbocycles. The van der Waals surface area contributed by atoms with Gasteiger partial charge in [0.25, 0.3) is 0 Å². The fraction of sp³-hybridized carbons (Fsp3) is 0. The van der Waals surface area contributed by atoms with Crippen molar-refractivity contribution in [1.29, 1.82) is 0 Å². The van der Waals surface area contributed by atoms with Gasteiger partial charge in [0, 0.05) is 16.5 Å². The maximum Gasteiger partial charge on any atom is 0.205 e. The molecule has 0 bridgehead atoms. The summed E-state index contributed by atoms with van der Waals surface area (Å²) < 4.78 is 5.91. The van der Waals surface area contributed by atoms with Crippen LogP contribution in [0.4, 0.5) is 0 Å².